The molecule has 2 aromatic carbocycles. The van der Waals surface area contributed by atoms with Crippen molar-refractivity contribution < 1.29 is 9.53 Å². The van der Waals surface area contributed by atoms with Crippen LogP contribution >= 0.6 is 11.8 Å². The van der Waals surface area contributed by atoms with Crippen LogP contribution in [0.15, 0.2) is 89.1 Å². The summed E-state index contributed by atoms with van der Waals surface area (Å²) in [6, 6.07) is 19.6. The zero-order valence-corrected chi connectivity index (χ0v) is 16.6. The number of ether oxygens (including phenoxy) is 1. The van der Waals surface area contributed by atoms with E-state index < -0.39 is 0 Å². The summed E-state index contributed by atoms with van der Waals surface area (Å²) in [5.41, 5.74) is 0.560. The van der Waals surface area contributed by atoms with E-state index in [9.17, 15) is 9.59 Å². The van der Waals surface area contributed by atoms with E-state index >= 15 is 0 Å². The van der Waals surface area contributed by atoms with Crippen molar-refractivity contribution in [2.45, 2.75) is 11.4 Å². The molecule has 1 heterocycles. The van der Waals surface area contributed by atoms with E-state index in [1.165, 1.54) is 16.8 Å². The Kier molecular flexibility index (Phi) is 7.24. The largest absolute Gasteiger partial charge is 0.492 e. The van der Waals surface area contributed by atoms with Crippen LogP contribution in [0.4, 0.5) is 5.69 Å². The lowest BCUT2D eigenvalue weighted by molar-refractivity contribution is 0.101. The second kappa shape index (κ2) is 10.3. The summed E-state index contributed by atoms with van der Waals surface area (Å²) >= 11 is 1.57. The molecule has 0 bridgehead atoms. The highest BCUT2D eigenvalue weighted by atomic mass is 32.2. The van der Waals surface area contributed by atoms with Gasteiger partial charge in [0.2, 0.25) is 0 Å². The summed E-state index contributed by atoms with van der Waals surface area (Å²) in [6.45, 7) is 4.22. The number of benzene rings is 2. The molecule has 0 aliphatic heterocycles. The number of hydrogen-bond donors (Lipinski definition) is 1. The number of rotatable bonds is 9. The Labute approximate surface area is 173 Å². The Morgan fingerprint density at radius 3 is 2.66 bits per heavy atom. The maximum atomic E-state index is 12.6. The van der Waals surface area contributed by atoms with Gasteiger partial charge < -0.3 is 10.1 Å². The number of amides is 1. The van der Waals surface area contributed by atoms with Gasteiger partial charge in [0.15, 0.2) is 0 Å². The maximum absolute atomic E-state index is 12.6. The Bertz CT molecular complexity index is 1030. The SMILES string of the molecule is C=CCSc1ccccc1NC(=O)c1ccc(=O)n(CCOc2ccccc2)n1. The van der Waals surface area contributed by atoms with E-state index in [4.69, 9.17) is 4.74 Å². The van der Waals surface area contributed by atoms with E-state index in [2.05, 4.69) is 17.0 Å². The van der Waals surface area contributed by atoms with E-state index in [1.54, 1.807) is 17.8 Å². The highest BCUT2D eigenvalue weighted by molar-refractivity contribution is 7.99. The Hall–Kier alpha value is -3.32. The van der Waals surface area contributed by atoms with E-state index in [-0.39, 0.29) is 30.3 Å². The molecule has 0 aliphatic carbocycles. The fourth-order valence-corrected chi connectivity index (χ4v) is 3.27. The summed E-state index contributed by atoms with van der Waals surface area (Å²) in [5, 5.41) is 7.04. The highest BCUT2D eigenvalue weighted by Crippen LogP contribution is 2.27. The van der Waals surface area contributed by atoms with Gasteiger partial charge in [0.25, 0.3) is 11.5 Å². The second-order valence-electron chi connectivity index (χ2n) is 5.99. The van der Waals surface area contributed by atoms with Crippen molar-refractivity contribution in [2.24, 2.45) is 0 Å². The first-order valence-corrected chi connectivity index (χ1v) is 10.1. The first kappa shape index (κ1) is 20.4. The number of para-hydroxylation sites is 2. The lowest BCUT2D eigenvalue weighted by atomic mass is 10.3. The van der Waals surface area contributed by atoms with Crippen LogP contribution in [0, 0.1) is 0 Å². The van der Waals surface area contributed by atoms with E-state index in [0.717, 1.165) is 10.6 Å². The predicted molar refractivity (Wildman–Crippen MR) is 116 cm³/mol. The lowest BCUT2D eigenvalue weighted by Crippen LogP contribution is -2.28. The maximum Gasteiger partial charge on any atom is 0.276 e. The van der Waals surface area contributed by atoms with Gasteiger partial charge in [-0.05, 0) is 30.3 Å². The molecule has 7 heteroatoms. The van der Waals surface area contributed by atoms with Gasteiger partial charge in [-0.2, -0.15) is 5.10 Å². The summed E-state index contributed by atoms with van der Waals surface area (Å²) in [6.07, 6.45) is 1.80. The topological polar surface area (TPSA) is 73.2 Å². The molecule has 0 saturated heterocycles. The molecule has 0 atom stereocenters. The van der Waals surface area contributed by atoms with Crippen molar-refractivity contribution in [1.29, 1.82) is 0 Å². The Morgan fingerprint density at radius 1 is 1.10 bits per heavy atom. The smallest absolute Gasteiger partial charge is 0.276 e. The van der Waals surface area contributed by atoms with Gasteiger partial charge in [-0.15, -0.1) is 18.3 Å². The number of carbonyl (C=O) groups excluding carboxylic acids is 1. The second-order valence-corrected chi connectivity index (χ2v) is 7.05. The van der Waals surface area contributed by atoms with Crippen LogP contribution in [-0.2, 0) is 6.54 Å². The Morgan fingerprint density at radius 2 is 1.86 bits per heavy atom. The van der Waals surface area contributed by atoms with Crippen LogP contribution < -0.4 is 15.6 Å². The van der Waals surface area contributed by atoms with Crippen molar-refractivity contribution in [3.05, 3.63) is 95.4 Å². The number of hydrogen-bond acceptors (Lipinski definition) is 5. The molecule has 29 heavy (non-hydrogen) atoms. The monoisotopic (exact) mass is 407 g/mol. The van der Waals surface area contributed by atoms with Crippen molar-refractivity contribution in [2.75, 3.05) is 17.7 Å². The molecule has 1 aromatic heterocycles. The minimum Gasteiger partial charge on any atom is -0.492 e. The fourth-order valence-electron chi connectivity index (χ4n) is 2.53. The van der Waals surface area contributed by atoms with Gasteiger partial charge in [-0.1, -0.05) is 36.4 Å². The van der Waals surface area contributed by atoms with Gasteiger partial charge in [-0.3, -0.25) is 9.59 Å². The number of thioether (sulfide) groups is 1. The summed E-state index contributed by atoms with van der Waals surface area (Å²) in [4.78, 5) is 25.7. The van der Waals surface area contributed by atoms with Gasteiger partial charge in [0.1, 0.15) is 18.1 Å². The van der Waals surface area contributed by atoms with Gasteiger partial charge in [0, 0.05) is 16.7 Å². The molecule has 0 saturated carbocycles. The predicted octanol–water partition coefficient (Wildman–Crippen LogP) is 3.85. The third-order valence-electron chi connectivity index (χ3n) is 3.91. The lowest BCUT2D eigenvalue weighted by Gasteiger charge is -2.11. The molecule has 148 valence electrons. The van der Waals surface area contributed by atoms with Crippen molar-refractivity contribution in [1.82, 2.24) is 9.78 Å². The van der Waals surface area contributed by atoms with Crippen LogP contribution in [0.25, 0.3) is 0 Å². The zero-order valence-electron chi connectivity index (χ0n) is 15.8. The van der Waals surface area contributed by atoms with Crippen LogP contribution in [-0.4, -0.2) is 28.0 Å². The first-order valence-electron chi connectivity index (χ1n) is 9.07. The van der Waals surface area contributed by atoms with Crippen LogP contribution in [0.1, 0.15) is 10.5 Å². The van der Waals surface area contributed by atoms with Crippen LogP contribution in [0.3, 0.4) is 0 Å². The van der Waals surface area contributed by atoms with Crippen LogP contribution in [0.2, 0.25) is 0 Å². The normalized spacial score (nSPS) is 10.3. The van der Waals surface area contributed by atoms with Gasteiger partial charge >= 0.3 is 0 Å². The number of nitrogens with zero attached hydrogens (tertiary/aromatic N) is 2. The van der Waals surface area contributed by atoms with Crippen molar-refractivity contribution in [3.8, 4) is 5.75 Å². The fraction of sp³-hybridized carbons (Fsp3) is 0.136. The molecule has 3 rings (SSSR count). The molecule has 0 radical (unpaired) electrons. The number of anilines is 1. The minimum atomic E-state index is -0.380. The minimum absolute atomic E-state index is 0.160. The zero-order chi connectivity index (χ0) is 20.5. The third-order valence-corrected chi connectivity index (χ3v) is 4.98. The van der Waals surface area contributed by atoms with E-state index in [1.807, 2.05) is 54.6 Å². The quantitative estimate of drug-likeness (QED) is 0.431. The standard InChI is InChI=1S/C22H21N3O3S/c1-2-16-29-20-11-7-6-10-18(20)23-22(27)19-12-13-21(26)25(24-19)14-15-28-17-8-4-3-5-9-17/h2-13H,1,14-16H2,(H,23,27). The van der Waals surface area contributed by atoms with Crippen molar-refractivity contribution >= 4 is 23.4 Å². The molecular weight excluding hydrogens is 386 g/mol. The number of carbonyl (C=O) groups is 1. The number of nitrogens with one attached hydrogen (secondary N) is 1. The average Bonchev–Trinajstić information content (AvgIpc) is 2.75. The molecule has 6 nitrogen and oxygen atoms in total. The first-order chi connectivity index (χ1) is 14.2. The van der Waals surface area contributed by atoms with Gasteiger partial charge in [-0.25, -0.2) is 4.68 Å². The van der Waals surface area contributed by atoms with Crippen LogP contribution in [0.5, 0.6) is 5.75 Å². The third kappa shape index (κ3) is 5.83. The molecule has 0 aliphatic rings. The molecule has 0 fully saturated rings. The number of aromatic nitrogens is 2. The van der Waals surface area contributed by atoms with E-state index in [0.29, 0.717) is 11.4 Å². The molecule has 0 spiro atoms. The molecule has 1 amide bonds. The molecule has 1 N–H and O–H groups in total. The molecule has 0 unspecified atom stereocenters. The summed E-state index contributed by atoms with van der Waals surface area (Å²) in [5.74, 6) is 1.06. The molecular formula is C22H21N3O3S. The van der Waals surface area contributed by atoms with Crippen molar-refractivity contribution in [3.63, 3.8) is 0 Å². The Balaban J connectivity index is 1.68. The summed E-state index contributed by atoms with van der Waals surface area (Å²) < 4.78 is 6.84. The molecule has 3 aromatic rings. The highest BCUT2D eigenvalue weighted by Gasteiger charge is 2.12. The average molecular weight is 407 g/mol. The summed E-state index contributed by atoms with van der Waals surface area (Å²) in [7, 11) is 0. The van der Waals surface area contributed by atoms with Gasteiger partial charge in [0.05, 0.1) is 12.2 Å².